The maximum Gasteiger partial charge on any atom is 0.0900 e. The van der Waals surface area contributed by atoms with Crippen LogP contribution in [0.1, 0.15) is 15.6 Å². The highest BCUT2D eigenvalue weighted by atomic mass is 79.9. The van der Waals surface area contributed by atoms with Gasteiger partial charge in [0.25, 0.3) is 0 Å². The van der Waals surface area contributed by atoms with Gasteiger partial charge in [-0.2, -0.15) is 0 Å². The smallest absolute Gasteiger partial charge is 0.0900 e. The van der Waals surface area contributed by atoms with Crippen molar-refractivity contribution in [2.45, 2.75) is 6.92 Å². The monoisotopic (exact) mass is 318 g/mol. The van der Waals surface area contributed by atoms with Crippen LogP contribution in [0.2, 0.25) is 0 Å². The van der Waals surface area contributed by atoms with Gasteiger partial charge in [0.15, 0.2) is 0 Å². The number of nitrogens with zero attached hydrogens (tertiary/aromatic N) is 1. The van der Waals surface area contributed by atoms with E-state index in [1.54, 1.807) is 11.3 Å². The van der Waals surface area contributed by atoms with E-state index in [1.165, 1.54) is 10.3 Å². The number of thiazole rings is 1. The van der Waals surface area contributed by atoms with E-state index in [0.29, 0.717) is 0 Å². The Morgan fingerprint density at radius 2 is 2.17 bits per heavy atom. The molecule has 0 fully saturated rings. The van der Waals surface area contributed by atoms with Gasteiger partial charge in [-0.15, -0.1) is 11.3 Å². The van der Waals surface area contributed by atoms with Crippen molar-refractivity contribution in [3.63, 3.8) is 0 Å². The Balaban J connectivity index is 1.93. The predicted octanol–water partition coefficient (Wildman–Crippen LogP) is 4.87. The van der Waals surface area contributed by atoms with Crippen LogP contribution in [-0.4, -0.2) is 9.97 Å². The quantitative estimate of drug-likeness (QED) is 0.717. The van der Waals surface area contributed by atoms with E-state index in [0.717, 1.165) is 20.7 Å². The Kier molecular flexibility index (Phi) is 3.06. The summed E-state index contributed by atoms with van der Waals surface area (Å²) >= 11 is 5.17. The van der Waals surface area contributed by atoms with Crippen LogP contribution in [0.4, 0.5) is 0 Å². The first-order valence-electron chi connectivity index (χ1n) is 5.59. The van der Waals surface area contributed by atoms with Gasteiger partial charge in [-0.1, -0.05) is 22.0 Å². The van der Waals surface area contributed by atoms with Crippen molar-refractivity contribution in [3.05, 3.63) is 50.5 Å². The van der Waals surface area contributed by atoms with Gasteiger partial charge in [0.1, 0.15) is 0 Å². The average molecular weight is 319 g/mol. The molecule has 0 amide bonds. The lowest BCUT2D eigenvalue weighted by molar-refractivity contribution is 1.30. The lowest BCUT2D eigenvalue weighted by Gasteiger charge is -1.89. The number of aryl methyl sites for hydroxylation is 1. The maximum atomic E-state index is 4.23. The molecular weight excluding hydrogens is 308 g/mol. The van der Waals surface area contributed by atoms with Gasteiger partial charge in [-0.25, -0.2) is 4.98 Å². The van der Waals surface area contributed by atoms with Crippen LogP contribution in [0.5, 0.6) is 0 Å². The lowest BCUT2D eigenvalue weighted by atomic mass is 10.2. The van der Waals surface area contributed by atoms with Crippen LogP contribution in [0.25, 0.3) is 23.1 Å². The number of fused-ring (bicyclic) bond motifs is 1. The summed E-state index contributed by atoms with van der Waals surface area (Å²) in [6.45, 7) is 2.02. The molecule has 1 N–H and O–H groups in total. The molecule has 0 aliphatic carbocycles. The minimum Gasteiger partial charge on any atom is -0.355 e. The van der Waals surface area contributed by atoms with E-state index in [2.05, 4.69) is 62.3 Å². The highest BCUT2D eigenvalue weighted by Gasteiger charge is 1.99. The van der Waals surface area contributed by atoms with Crippen LogP contribution < -0.4 is 0 Å². The molecule has 0 saturated carbocycles. The molecule has 0 radical (unpaired) electrons. The molecule has 0 unspecified atom stereocenters. The number of H-pyrrole nitrogens is 1. The second-order valence-corrected chi connectivity index (χ2v) is 6.25. The van der Waals surface area contributed by atoms with E-state index in [9.17, 15) is 0 Å². The molecule has 4 heteroatoms. The van der Waals surface area contributed by atoms with E-state index in [4.69, 9.17) is 0 Å². The van der Waals surface area contributed by atoms with Gasteiger partial charge in [0.05, 0.1) is 5.01 Å². The number of hydrogen-bond acceptors (Lipinski definition) is 2. The Morgan fingerprint density at radius 3 is 2.94 bits per heavy atom. The van der Waals surface area contributed by atoms with Crippen LogP contribution in [0, 0.1) is 6.92 Å². The number of halogens is 1. The van der Waals surface area contributed by atoms with Gasteiger partial charge < -0.3 is 4.98 Å². The molecule has 0 atom stereocenters. The Hall–Kier alpha value is -1.39. The average Bonchev–Trinajstić information content (AvgIpc) is 2.92. The SMILES string of the molecule is Cc1ncc(C=Cc2cc3ccc(Br)cc3[nH]2)s1. The van der Waals surface area contributed by atoms with Crippen LogP contribution in [0.15, 0.2) is 34.9 Å². The molecule has 18 heavy (non-hydrogen) atoms. The van der Waals surface area contributed by atoms with Gasteiger partial charge in [0.2, 0.25) is 0 Å². The van der Waals surface area contributed by atoms with Crippen molar-refractivity contribution < 1.29 is 0 Å². The summed E-state index contributed by atoms with van der Waals surface area (Å²) in [5.74, 6) is 0. The van der Waals surface area contributed by atoms with Crippen molar-refractivity contribution in [1.82, 2.24) is 9.97 Å². The molecule has 90 valence electrons. The second kappa shape index (κ2) is 4.71. The summed E-state index contributed by atoms with van der Waals surface area (Å²) < 4.78 is 1.09. The fourth-order valence-corrected chi connectivity index (χ4v) is 2.89. The van der Waals surface area contributed by atoms with Crippen molar-refractivity contribution >= 4 is 50.3 Å². The second-order valence-electron chi connectivity index (χ2n) is 4.07. The first-order valence-corrected chi connectivity index (χ1v) is 7.20. The molecule has 0 aliphatic rings. The Bertz CT molecular complexity index is 724. The predicted molar refractivity (Wildman–Crippen MR) is 81.8 cm³/mol. The van der Waals surface area contributed by atoms with E-state index < -0.39 is 0 Å². The zero-order chi connectivity index (χ0) is 12.5. The van der Waals surface area contributed by atoms with Gasteiger partial charge in [-0.3, -0.25) is 0 Å². The van der Waals surface area contributed by atoms with Gasteiger partial charge >= 0.3 is 0 Å². The van der Waals surface area contributed by atoms with Crippen molar-refractivity contribution in [2.75, 3.05) is 0 Å². The fraction of sp³-hybridized carbons (Fsp3) is 0.0714. The number of hydrogen-bond donors (Lipinski definition) is 1. The minimum absolute atomic E-state index is 1.09. The largest absolute Gasteiger partial charge is 0.355 e. The van der Waals surface area contributed by atoms with E-state index >= 15 is 0 Å². The zero-order valence-electron chi connectivity index (χ0n) is 9.77. The molecule has 2 aromatic heterocycles. The number of aromatic amines is 1. The molecule has 3 aromatic rings. The van der Waals surface area contributed by atoms with Crippen molar-refractivity contribution in [1.29, 1.82) is 0 Å². The van der Waals surface area contributed by atoms with E-state index in [-0.39, 0.29) is 0 Å². The minimum atomic E-state index is 1.09. The van der Waals surface area contributed by atoms with Crippen LogP contribution in [-0.2, 0) is 0 Å². The third-order valence-corrected chi connectivity index (χ3v) is 4.04. The molecule has 0 spiro atoms. The lowest BCUT2D eigenvalue weighted by Crippen LogP contribution is -1.69. The summed E-state index contributed by atoms with van der Waals surface area (Å²) in [5.41, 5.74) is 2.25. The highest BCUT2D eigenvalue weighted by molar-refractivity contribution is 9.10. The zero-order valence-corrected chi connectivity index (χ0v) is 12.2. The van der Waals surface area contributed by atoms with Crippen molar-refractivity contribution in [2.24, 2.45) is 0 Å². The molecule has 3 rings (SSSR count). The third-order valence-electron chi connectivity index (χ3n) is 2.67. The molecule has 1 aromatic carbocycles. The standard InChI is InChI=1S/C14H11BrN2S/c1-9-16-8-13(18-9)5-4-12-6-10-2-3-11(15)7-14(10)17-12/h2-8,17H,1H3. The number of rotatable bonds is 2. The third kappa shape index (κ3) is 2.40. The topological polar surface area (TPSA) is 28.7 Å². The number of benzene rings is 1. The van der Waals surface area contributed by atoms with Gasteiger partial charge in [0, 0.05) is 32.1 Å². The summed E-state index contributed by atoms with van der Waals surface area (Å²) in [5, 5.41) is 2.31. The molecule has 0 aliphatic heterocycles. The fourth-order valence-electron chi connectivity index (χ4n) is 1.84. The highest BCUT2D eigenvalue weighted by Crippen LogP contribution is 2.22. The molecule has 2 heterocycles. The molecular formula is C14H11BrN2S. The Labute approximate surface area is 118 Å². The first-order chi connectivity index (χ1) is 8.70. The first kappa shape index (κ1) is 11.7. The van der Waals surface area contributed by atoms with Crippen molar-refractivity contribution in [3.8, 4) is 0 Å². The molecule has 2 nitrogen and oxygen atoms in total. The normalized spacial score (nSPS) is 11.7. The van der Waals surface area contributed by atoms with Gasteiger partial charge in [-0.05, 0) is 37.3 Å². The number of nitrogens with one attached hydrogen (secondary N) is 1. The number of aromatic nitrogens is 2. The maximum absolute atomic E-state index is 4.23. The summed E-state index contributed by atoms with van der Waals surface area (Å²) in [4.78, 5) is 8.79. The Morgan fingerprint density at radius 1 is 1.28 bits per heavy atom. The van der Waals surface area contributed by atoms with Crippen LogP contribution in [0.3, 0.4) is 0 Å². The van der Waals surface area contributed by atoms with E-state index in [1.807, 2.05) is 13.1 Å². The summed E-state index contributed by atoms with van der Waals surface area (Å²) in [6, 6.07) is 8.38. The van der Waals surface area contributed by atoms with Crippen LogP contribution >= 0.6 is 27.3 Å². The summed E-state index contributed by atoms with van der Waals surface area (Å²) in [7, 11) is 0. The molecule has 0 saturated heterocycles. The molecule has 0 bridgehead atoms. The summed E-state index contributed by atoms with van der Waals surface area (Å²) in [6.07, 6.45) is 6.07.